The molecule has 4 aromatic carbocycles. The highest BCUT2D eigenvalue weighted by atomic mass is 14.4. The lowest BCUT2D eigenvalue weighted by Gasteiger charge is -2.36. The zero-order valence-corrected chi connectivity index (χ0v) is 32.9. The van der Waals surface area contributed by atoms with Crippen molar-refractivity contribution in [2.75, 3.05) is 0 Å². The van der Waals surface area contributed by atoms with Gasteiger partial charge in [0.15, 0.2) is 0 Å². The minimum atomic E-state index is 0. The fraction of sp³-hybridized carbons (Fsp3) is 0.186. The Balaban J connectivity index is 0.00000242. The largest absolute Gasteiger partial charge is 0.115 e. The van der Waals surface area contributed by atoms with Crippen LogP contribution in [0.4, 0.5) is 0 Å². The molecule has 4 aromatic rings. The minimum absolute atomic E-state index is 0. The molecular formula is C59H54. The summed E-state index contributed by atoms with van der Waals surface area (Å²) in [6.45, 7) is 4.99. The average Bonchev–Trinajstić information content (AvgIpc) is 3.82. The second-order valence-corrected chi connectivity index (χ2v) is 16.9. The smallest absolute Gasteiger partial charge is 0.0243 e. The lowest BCUT2D eigenvalue weighted by molar-refractivity contribution is 0.304. The van der Waals surface area contributed by atoms with Gasteiger partial charge in [0.2, 0.25) is 0 Å². The maximum atomic E-state index is 5.90. The summed E-state index contributed by atoms with van der Waals surface area (Å²) >= 11 is 0. The Bertz CT molecular complexity index is 2710. The standard InChI is InChI=1S/C57H46.2CH4/c1-4-38-20-22-46(23-21-38)56-49-34-32-47-51(49)36-57(2,3)37-52-48(33-35-50(52)56)55(41-18-12-7-13-19-41)45-30-26-43(27-31-45)53(39-14-8-5-9-15-39)42-24-28-44(29-25-42)54(47)40-16-10-6-11-17-40;;/h1,5-24,26,28-30,32-35,51H,25,27,31,36-37H2,2-3H3;2*1H4/b53-42-,54-47-,55-48-,56-49-;;/t51-;;/m1../s1. The van der Waals surface area contributed by atoms with Crippen molar-refractivity contribution in [1.29, 1.82) is 0 Å². The van der Waals surface area contributed by atoms with E-state index in [4.69, 9.17) is 6.42 Å². The molecule has 1 atom stereocenters. The summed E-state index contributed by atoms with van der Waals surface area (Å²) in [5, 5.41) is 0. The number of rotatable bonds is 4. The molecule has 14 rings (SSSR count). The van der Waals surface area contributed by atoms with E-state index < -0.39 is 0 Å². The summed E-state index contributed by atoms with van der Waals surface area (Å²) < 4.78 is 0. The Labute approximate surface area is 353 Å². The van der Waals surface area contributed by atoms with Gasteiger partial charge >= 0.3 is 0 Å². The zero-order valence-electron chi connectivity index (χ0n) is 32.9. The van der Waals surface area contributed by atoms with Crippen molar-refractivity contribution in [3.63, 3.8) is 0 Å². The van der Waals surface area contributed by atoms with E-state index in [1.54, 1.807) is 0 Å². The first-order valence-corrected chi connectivity index (χ1v) is 20.5. The van der Waals surface area contributed by atoms with Gasteiger partial charge in [-0.3, -0.25) is 0 Å². The van der Waals surface area contributed by atoms with Gasteiger partial charge in [-0.05, 0) is 144 Å². The molecule has 10 aliphatic rings. The van der Waals surface area contributed by atoms with Crippen LogP contribution in [0, 0.1) is 23.7 Å². The Kier molecular flexibility index (Phi) is 10.7. The molecule has 0 radical (unpaired) electrons. The molecule has 0 aliphatic heterocycles. The van der Waals surface area contributed by atoms with Crippen LogP contribution < -0.4 is 0 Å². The van der Waals surface area contributed by atoms with Crippen LogP contribution in [-0.4, -0.2) is 0 Å². The summed E-state index contributed by atoms with van der Waals surface area (Å²) in [6.07, 6.45) is 32.7. The molecule has 0 amide bonds. The molecule has 0 saturated carbocycles. The topological polar surface area (TPSA) is 0 Å². The Morgan fingerprint density at radius 3 is 1.63 bits per heavy atom. The van der Waals surface area contributed by atoms with Crippen molar-refractivity contribution in [1.82, 2.24) is 0 Å². The predicted octanol–water partition coefficient (Wildman–Crippen LogP) is 15.5. The van der Waals surface area contributed by atoms with Crippen LogP contribution in [0.3, 0.4) is 0 Å². The first-order chi connectivity index (χ1) is 28.0. The molecule has 0 nitrogen and oxygen atoms in total. The van der Waals surface area contributed by atoms with E-state index in [9.17, 15) is 0 Å². The highest BCUT2D eigenvalue weighted by Gasteiger charge is 2.39. The third-order valence-corrected chi connectivity index (χ3v) is 12.7. The summed E-state index contributed by atoms with van der Waals surface area (Å²) in [6, 6.07) is 42.0. The van der Waals surface area contributed by atoms with Crippen molar-refractivity contribution in [2.45, 2.75) is 60.8 Å². The van der Waals surface area contributed by atoms with Gasteiger partial charge in [-0.1, -0.05) is 192 Å². The SMILES string of the molecule is C.C.C#Cc1ccc(\C2=C3/C=C\C4=C(/c5ccccc5)C5=CC/C(=C(/c6ccccc6)C6=CC=C(CC6)/C(c6ccccc6)=C6/C=CC2=C6CC(C)(C)C[C@H]43)C=C5)cc1. The lowest BCUT2D eigenvalue weighted by atomic mass is 9.68. The Morgan fingerprint density at radius 2 is 1.07 bits per heavy atom. The second-order valence-electron chi connectivity index (χ2n) is 16.9. The first kappa shape index (κ1) is 39.4. The van der Waals surface area contributed by atoms with Crippen LogP contribution >= 0.6 is 0 Å². The zero-order chi connectivity index (χ0) is 38.5. The number of allylic oxidation sites excluding steroid dienone is 22. The quantitative estimate of drug-likeness (QED) is 0.182. The summed E-state index contributed by atoms with van der Waals surface area (Å²) in [4.78, 5) is 0. The first-order valence-electron chi connectivity index (χ1n) is 20.5. The van der Waals surface area contributed by atoms with Gasteiger partial charge in [-0.25, -0.2) is 0 Å². The van der Waals surface area contributed by atoms with Crippen molar-refractivity contribution in [2.24, 2.45) is 11.3 Å². The van der Waals surface area contributed by atoms with E-state index in [2.05, 4.69) is 190 Å². The van der Waals surface area contributed by atoms with Crippen molar-refractivity contribution < 1.29 is 0 Å². The number of fused-ring (bicyclic) bond motifs is 1. The molecule has 0 heteroatoms. The van der Waals surface area contributed by atoms with Gasteiger partial charge in [-0.15, -0.1) is 6.42 Å². The van der Waals surface area contributed by atoms with E-state index >= 15 is 0 Å². The van der Waals surface area contributed by atoms with Gasteiger partial charge in [0.25, 0.3) is 0 Å². The van der Waals surface area contributed by atoms with E-state index in [0.29, 0.717) is 0 Å². The number of terminal acetylenes is 1. The van der Waals surface area contributed by atoms with Crippen LogP contribution in [0.5, 0.6) is 0 Å². The number of hydrogen-bond acceptors (Lipinski definition) is 0. The second kappa shape index (κ2) is 16.1. The maximum Gasteiger partial charge on any atom is 0.0243 e. The van der Waals surface area contributed by atoms with E-state index in [1.807, 2.05) is 0 Å². The van der Waals surface area contributed by atoms with Gasteiger partial charge in [-0.2, -0.15) is 0 Å². The van der Waals surface area contributed by atoms with Gasteiger partial charge in [0, 0.05) is 11.5 Å². The minimum Gasteiger partial charge on any atom is -0.115 e. The van der Waals surface area contributed by atoms with Crippen LogP contribution in [0.15, 0.2) is 220 Å². The predicted molar refractivity (Wildman–Crippen MR) is 254 cm³/mol. The van der Waals surface area contributed by atoms with Gasteiger partial charge in [0.05, 0.1) is 0 Å². The summed E-state index contributed by atoms with van der Waals surface area (Å²) in [5.74, 6) is 3.07. The molecule has 0 spiro atoms. The summed E-state index contributed by atoms with van der Waals surface area (Å²) in [7, 11) is 0. The fourth-order valence-corrected chi connectivity index (χ4v) is 10.2. The molecule has 0 unspecified atom stereocenters. The molecule has 0 saturated heterocycles. The third kappa shape index (κ3) is 7.11. The molecule has 59 heavy (non-hydrogen) atoms. The Morgan fingerprint density at radius 1 is 0.542 bits per heavy atom. The van der Waals surface area contributed by atoms with Gasteiger partial charge < -0.3 is 0 Å². The molecule has 0 aromatic heterocycles. The Hall–Kier alpha value is -6.42. The molecule has 0 heterocycles. The number of benzene rings is 4. The number of hydrogen-bond donors (Lipinski definition) is 0. The fourth-order valence-electron chi connectivity index (χ4n) is 10.2. The molecular weight excluding hydrogens is 709 g/mol. The van der Waals surface area contributed by atoms with Crippen molar-refractivity contribution in [3.05, 3.63) is 248 Å². The summed E-state index contributed by atoms with van der Waals surface area (Å²) in [5.41, 5.74) is 23.8. The van der Waals surface area contributed by atoms with E-state index in [-0.39, 0.29) is 26.2 Å². The van der Waals surface area contributed by atoms with Crippen LogP contribution in [0.1, 0.15) is 88.6 Å². The molecule has 10 bridgehead atoms. The normalized spacial score (nSPS) is 25.0. The van der Waals surface area contributed by atoms with E-state index in [0.717, 1.165) is 37.7 Å². The van der Waals surface area contributed by atoms with Crippen LogP contribution in [0.25, 0.3) is 22.3 Å². The lowest BCUT2D eigenvalue weighted by Crippen LogP contribution is -2.22. The molecule has 0 fully saturated rings. The monoisotopic (exact) mass is 762 g/mol. The van der Waals surface area contributed by atoms with Crippen molar-refractivity contribution in [3.8, 4) is 12.3 Å². The highest BCUT2D eigenvalue weighted by Crippen LogP contribution is 2.55. The van der Waals surface area contributed by atoms with Crippen LogP contribution in [0.2, 0.25) is 0 Å². The molecule has 0 N–H and O–H groups in total. The van der Waals surface area contributed by atoms with E-state index in [1.165, 1.54) is 94.7 Å². The highest BCUT2D eigenvalue weighted by molar-refractivity contribution is 5.97. The van der Waals surface area contributed by atoms with Gasteiger partial charge in [0.1, 0.15) is 0 Å². The van der Waals surface area contributed by atoms with Crippen LogP contribution in [-0.2, 0) is 0 Å². The maximum absolute atomic E-state index is 5.90. The third-order valence-electron chi connectivity index (χ3n) is 12.7. The average molecular weight is 763 g/mol. The molecule has 10 aliphatic carbocycles. The molecule has 290 valence electrons. The van der Waals surface area contributed by atoms with Crippen molar-refractivity contribution >= 4 is 22.3 Å².